The molecule has 1 fully saturated rings. The van der Waals surface area contributed by atoms with Crippen LogP contribution in [0.15, 0.2) is 0 Å². The molecule has 3 N–H and O–H groups in total. The van der Waals surface area contributed by atoms with Crippen LogP contribution < -0.4 is 11.1 Å². The molecule has 1 atom stereocenters. The molecule has 1 rings (SSSR count). The van der Waals surface area contributed by atoms with Crippen molar-refractivity contribution in [1.29, 1.82) is 0 Å². The third kappa shape index (κ3) is 3.10. The summed E-state index contributed by atoms with van der Waals surface area (Å²) >= 11 is 1.67. The fraction of sp³-hybridized carbons (Fsp3) is 0.778. The molecular weight excluding hydrogens is 214 g/mol. The van der Waals surface area contributed by atoms with Gasteiger partial charge in [0.25, 0.3) is 5.91 Å². The molecule has 0 aromatic heterocycles. The minimum atomic E-state index is -0.331. The van der Waals surface area contributed by atoms with E-state index in [1.807, 2.05) is 6.26 Å². The van der Waals surface area contributed by atoms with E-state index in [0.29, 0.717) is 25.9 Å². The van der Waals surface area contributed by atoms with E-state index in [0.717, 1.165) is 5.75 Å². The summed E-state index contributed by atoms with van der Waals surface area (Å²) in [7, 11) is 0. The molecule has 86 valence electrons. The minimum absolute atomic E-state index is 0.109. The maximum absolute atomic E-state index is 11.7. The lowest BCUT2D eigenvalue weighted by Gasteiger charge is -2.11. The number of carbonyl (C=O) groups is 2. The lowest BCUT2D eigenvalue weighted by atomic mass is 10.2. The summed E-state index contributed by atoms with van der Waals surface area (Å²) in [4.78, 5) is 24.4. The normalized spacial score (nSPS) is 20.9. The Balaban J connectivity index is 2.46. The lowest BCUT2D eigenvalue weighted by Crippen LogP contribution is -2.33. The first-order valence-electron chi connectivity index (χ1n) is 5.01. The van der Waals surface area contributed by atoms with Crippen LogP contribution in [0.25, 0.3) is 0 Å². The number of nitrogens with two attached hydrogens (primary N) is 1. The van der Waals surface area contributed by atoms with Crippen molar-refractivity contribution in [2.45, 2.75) is 18.9 Å². The van der Waals surface area contributed by atoms with Crippen LogP contribution in [0.1, 0.15) is 12.8 Å². The fourth-order valence-corrected chi connectivity index (χ4v) is 1.94. The molecule has 0 saturated carbocycles. The number of nitrogens with zero attached hydrogens (tertiary/aromatic N) is 1. The first kappa shape index (κ1) is 12.3. The fourth-order valence-electron chi connectivity index (χ4n) is 1.47. The molecule has 6 heteroatoms. The molecule has 0 aromatic rings. The average Bonchev–Trinajstić information content (AvgIpc) is 2.49. The van der Waals surface area contributed by atoms with E-state index in [2.05, 4.69) is 5.32 Å². The Morgan fingerprint density at radius 1 is 1.53 bits per heavy atom. The van der Waals surface area contributed by atoms with Crippen molar-refractivity contribution in [2.75, 3.05) is 25.1 Å². The van der Waals surface area contributed by atoms with E-state index in [4.69, 9.17) is 5.73 Å². The van der Waals surface area contributed by atoms with E-state index in [-0.39, 0.29) is 18.0 Å². The number of amides is 3. The first-order valence-corrected chi connectivity index (χ1v) is 6.41. The Morgan fingerprint density at radius 2 is 2.27 bits per heavy atom. The number of nitrogens with one attached hydrogen (secondary N) is 1. The van der Waals surface area contributed by atoms with E-state index >= 15 is 0 Å². The van der Waals surface area contributed by atoms with Crippen LogP contribution >= 0.6 is 11.8 Å². The summed E-state index contributed by atoms with van der Waals surface area (Å²) in [5.74, 6) is 0.768. The van der Waals surface area contributed by atoms with Gasteiger partial charge in [-0.1, -0.05) is 0 Å². The Hall–Kier alpha value is -0.750. The molecule has 5 nitrogen and oxygen atoms in total. The van der Waals surface area contributed by atoms with Gasteiger partial charge in [0.05, 0.1) is 0 Å². The number of rotatable bonds is 6. The third-order valence-corrected chi connectivity index (χ3v) is 2.95. The van der Waals surface area contributed by atoms with Gasteiger partial charge in [-0.25, -0.2) is 4.79 Å². The van der Waals surface area contributed by atoms with Crippen molar-refractivity contribution in [1.82, 2.24) is 10.2 Å². The van der Waals surface area contributed by atoms with Crippen molar-refractivity contribution in [3.05, 3.63) is 0 Å². The Labute approximate surface area is 93.7 Å². The number of urea groups is 1. The van der Waals surface area contributed by atoms with Gasteiger partial charge in [-0.05, 0) is 31.4 Å². The Kier molecular flexibility index (Phi) is 4.90. The van der Waals surface area contributed by atoms with Gasteiger partial charge in [0.1, 0.15) is 6.04 Å². The molecule has 1 unspecified atom stereocenters. The zero-order valence-electron chi connectivity index (χ0n) is 8.86. The smallest absolute Gasteiger partial charge is 0.324 e. The van der Waals surface area contributed by atoms with Crippen molar-refractivity contribution in [3.63, 3.8) is 0 Å². The monoisotopic (exact) mass is 231 g/mol. The number of hydrogen-bond donors (Lipinski definition) is 2. The molecule has 15 heavy (non-hydrogen) atoms. The van der Waals surface area contributed by atoms with Crippen LogP contribution in [0.2, 0.25) is 0 Å². The highest BCUT2D eigenvalue weighted by Crippen LogP contribution is 2.11. The molecule has 1 saturated heterocycles. The molecule has 0 aromatic carbocycles. The Bertz CT molecular complexity index is 248. The highest BCUT2D eigenvalue weighted by atomic mass is 32.2. The van der Waals surface area contributed by atoms with Gasteiger partial charge < -0.3 is 11.1 Å². The standard InChI is InChI=1S/C9H17N3O2S/c1-15-6-3-7-8(13)12(5-2-4-10)9(14)11-7/h7H,2-6,10H2,1H3,(H,11,14). The van der Waals surface area contributed by atoms with Crippen LogP contribution in [0, 0.1) is 0 Å². The van der Waals surface area contributed by atoms with Crippen LogP contribution in [0.3, 0.4) is 0 Å². The quantitative estimate of drug-likeness (QED) is 0.631. The van der Waals surface area contributed by atoms with Crippen molar-refractivity contribution >= 4 is 23.7 Å². The van der Waals surface area contributed by atoms with Gasteiger partial charge in [0, 0.05) is 6.54 Å². The molecule has 3 amide bonds. The summed E-state index contributed by atoms with van der Waals surface area (Å²) < 4.78 is 0. The molecule has 0 aliphatic carbocycles. The maximum Gasteiger partial charge on any atom is 0.324 e. The number of imide groups is 1. The zero-order chi connectivity index (χ0) is 11.3. The van der Waals surface area contributed by atoms with Gasteiger partial charge in [-0.3, -0.25) is 9.69 Å². The summed E-state index contributed by atoms with van der Waals surface area (Å²) in [6, 6.07) is -0.609. The van der Waals surface area contributed by atoms with Crippen LogP contribution in [0.4, 0.5) is 4.79 Å². The number of carbonyl (C=O) groups excluding carboxylic acids is 2. The van der Waals surface area contributed by atoms with Gasteiger partial charge in [-0.15, -0.1) is 0 Å². The molecule has 0 bridgehead atoms. The summed E-state index contributed by atoms with van der Waals surface area (Å²) in [5, 5.41) is 2.68. The first-order chi connectivity index (χ1) is 7.20. The SMILES string of the molecule is CSCCC1NC(=O)N(CCCN)C1=O. The van der Waals surface area contributed by atoms with E-state index in [1.165, 1.54) is 4.90 Å². The second-order valence-corrected chi connectivity index (χ2v) is 4.40. The highest BCUT2D eigenvalue weighted by molar-refractivity contribution is 7.98. The predicted octanol–water partition coefficient (Wildman–Crippen LogP) is 0.00870. The maximum atomic E-state index is 11.7. The van der Waals surface area contributed by atoms with Gasteiger partial charge in [-0.2, -0.15) is 11.8 Å². The molecule has 0 radical (unpaired) electrons. The minimum Gasteiger partial charge on any atom is -0.330 e. The van der Waals surface area contributed by atoms with E-state index in [9.17, 15) is 9.59 Å². The summed E-state index contributed by atoms with van der Waals surface area (Å²) in [6.45, 7) is 0.920. The van der Waals surface area contributed by atoms with Crippen molar-refractivity contribution < 1.29 is 9.59 Å². The molecular formula is C9H17N3O2S. The largest absolute Gasteiger partial charge is 0.330 e. The molecule has 1 aliphatic rings. The third-order valence-electron chi connectivity index (χ3n) is 2.30. The van der Waals surface area contributed by atoms with Gasteiger partial charge >= 0.3 is 6.03 Å². The van der Waals surface area contributed by atoms with Crippen molar-refractivity contribution in [2.24, 2.45) is 5.73 Å². The zero-order valence-corrected chi connectivity index (χ0v) is 9.68. The predicted molar refractivity (Wildman–Crippen MR) is 60.7 cm³/mol. The summed E-state index contributed by atoms with van der Waals surface area (Å²) in [5.41, 5.74) is 5.34. The van der Waals surface area contributed by atoms with Crippen molar-refractivity contribution in [3.8, 4) is 0 Å². The highest BCUT2D eigenvalue weighted by Gasteiger charge is 2.36. The second kappa shape index (κ2) is 5.97. The Morgan fingerprint density at radius 3 is 2.87 bits per heavy atom. The second-order valence-electron chi connectivity index (χ2n) is 3.42. The van der Waals surface area contributed by atoms with Crippen LogP contribution in [0.5, 0.6) is 0 Å². The molecule has 1 heterocycles. The van der Waals surface area contributed by atoms with E-state index < -0.39 is 0 Å². The summed E-state index contributed by atoms with van der Waals surface area (Å²) in [6.07, 6.45) is 3.34. The van der Waals surface area contributed by atoms with E-state index in [1.54, 1.807) is 11.8 Å². The average molecular weight is 231 g/mol. The molecule has 1 aliphatic heterocycles. The van der Waals surface area contributed by atoms with Gasteiger partial charge in [0.2, 0.25) is 0 Å². The molecule has 0 spiro atoms. The van der Waals surface area contributed by atoms with Crippen LogP contribution in [-0.2, 0) is 4.79 Å². The number of hydrogen-bond acceptors (Lipinski definition) is 4. The lowest BCUT2D eigenvalue weighted by molar-refractivity contribution is -0.127. The van der Waals surface area contributed by atoms with Crippen LogP contribution in [-0.4, -0.2) is 48.0 Å². The van der Waals surface area contributed by atoms with Gasteiger partial charge in [0.15, 0.2) is 0 Å². The topological polar surface area (TPSA) is 75.4 Å². The number of thioether (sulfide) groups is 1.